The smallest absolute Gasteiger partial charge is 0.0811 e. The van der Waals surface area contributed by atoms with Gasteiger partial charge in [0.15, 0.2) is 0 Å². The van der Waals surface area contributed by atoms with Crippen LogP contribution >= 0.6 is 11.3 Å². The van der Waals surface area contributed by atoms with Gasteiger partial charge in [0.2, 0.25) is 0 Å². The molecule has 0 atom stereocenters. The Bertz CT molecular complexity index is 313. The fraction of sp³-hybridized carbons (Fsp3) is 0.182. The zero-order chi connectivity index (χ0) is 9.52. The second kappa shape index (κ2) is 5.49. The number of benzene rings is 1. The van der Waals surface area contributed by atoms with Crippen LogP contribution < -0.4 is 0 Å². The summed E-state index contributed by atoms with van der Waals surface area (Å²) >= 11 is 1.62. The van der Waals surface area contributed by atoms with Crippen LogP contribution in [0.4, 0.5) is 0 Å². The van der Waals surface area contributed by atoms with E-state index < -0.39 is 0 Å². The summed E-state index contributed by atoms with van der Waals surface area (Å²) in [5.41, 5.74) is 4.10. The van der Waals surface area contributed by atoms with Gasteiger partial charge >= 0.3 is 0 Å². The number of rotatable bonds is 1. The molecule has 0 unspecified atom stereocenters. The first-order chi connectivity index (χ1) is 6.47. The number of aromatic nitrogens is 1. The molecule has 0 spiro atoms. The largest absolute Gasteiger partial charge is 0.245 e. The van der Waals surface area contributed by atoms with Crippen LogP contribution in [0.1, 0.15) is 13.8 Å². The third kappa shape index (κ3) is 2.67. The average molecular weight is 191 g/mol. The second-order valence-electron chi connectivity index (χ2n) is 2.24. The summed E-state index contributed by atoms with van der Waals surface area (Å²) in [5.74, 6) is 0. The molecule has 0 fully saturated rings. The fourth-order valence-corrected chi connectivity index (χ4v) is 1.53. The Morgan fingerprint density at radius 3 is 2.31 bits per heavy atom. The van der Waals surface area contributed by atoms with Gasteiger partial charge in [-0.3, -0.25) is 0 Å². The van der Waals surface area contributed by atoms with E-state index in [1.54, 1.807) is 11.3 Å². The molecule has 0 radical (unpaired) electrons. The third-order valence-corrected chi connectivity index (χ3v) is 2.09. The summed E-state index contributed by atoms with van der Waals surface area (Å²) in [6.07, 6.45) is 0. The van der Waals surface area contributed by atoms with E-state index in [-0.39, 0.29) is 0 Å². The van der Waals surface area contributed by atoms with Crippen molar-refractivity contribution in [2.24, 2.45) is 0 Å². The Kier molecular flexibility index (Phi) is 4.19. The van der Waals surface area contributed by atoms with E-state index in [0.29, 0.717) is 0 Å². The van der Waals surface area contributed by atoms with Crippen LogP contribution in [0, 0.1) is 0 Å². The first kappa shape index (κ1) is 9.93. The first-order valence-corrected chi connectivity index (χ1v) is 5.35. The lowest BCUT2D eigenvalue weighted by Crippen LogP contribution is -1.73. The van der Waals surface area contributed by atoms with Gasteiger partial charge in [0.05, 0.1) is 11.2 Å². The Morgan fingerprint density at radius 1 is 1.08 bits per heavy atom. The lowest BCUT2D eigenvalue weighted by molar-refractivity contribution is 1.41. The zero-order valence-corrected chi connectivity index (χ0v) is 8.71. The van der Waals surface area contributed by atoms with Crippen LogP contribution in [-0.2, 0) is 0 Å². The van der Waals surface area contributed by atoms with E-state index in [1.165, 1.54) is 5.56 Å². The predicted octanol–water partition coefficient (Wildman–Crippen LogP) is 3.84. The molecule has 1 aromatic heterocycles. The zero-order valence-electron chi connectivity index (χ0n) is 7.90. The van der Waals surface area contributed by atoms with E-state index in [0.717, 1.165) is 5.69 Å². The van der Waals surface area contributed by atoms with Crippen LogP contribution in [0.2, 0.25) is 0 Å². The molecule has 0 aliphatic rings. The molecule has 0 N–H and O–H groups in total. The topological polar surface area (TPSA) is 12.9 Å². The van der Waals surface area contributed by atoms with E-state index in [9.17, 15) is 0 Å². The van der Waals surface area contributed by atoms with Crippen LogP contribution in [0.3, 0.4) is 0 Å². The van der Waals surface area contributed by atoms with Crippen molar-refractivity contribution in [2.75, 3.05) is 0 Å². The van der Waals surface area contributed by atoms with Gasteiger partial charge in [-0.2, -0.15) is 0 Å². The Balaban J connectivity index is 0.000000396. The van der Waals surface area contributed by atoms with Crippen molar-refractivity contribution in [3.63, 3.8) is 0 Å². The number of hydrogen-bond acceptors (Lipinski definition) is 2. The molecular weight excluding hydrogens is 178 g/mol. The van der Waals surface area contributed by atoms with Crippen molar-refractivity contribution in [3.8, 4) is 11.3 Å². The van der Waals surface area contributed by atoms with Crippen molar-refractivity contribution < 1.29 is 0 Å². The molecule has 0 aliphatic heterocycles. The van der Waals surface area contributed by atoms with Crippen LogP contribution in [0.15, 0.2) is 41.2 Å². The molecule has 0 bridgehead atoms. The van der Waals surface area contributed by atoms with Gasteiger partial charge in [-0.1, -0.05) is 44.2 Å². The standard InChI is InChI=1S/C9H7NS.C2H6/c1-2-4-8(5-3-1)9-6-11-7-10-9;1-2/h1-7H;1-2H3. The van der Waals surface area contributed by atoms with E-state index in [4.69, 9.17) is 0 Å². The molecule has 1 aromatic carbocycles. The van der Waals surface area contributed by atoms with E-state index >= 15 is 0 Å². The highest BCUT2D eigenvalue weighted by Crippen LogP contribution is 2.17. The molecule has 2 heteroatoms. The van der Waals surface area contributed by atoms with E-state index in [1.807, 2.05) is 37.6 Å². The molecule has 0 saturated heterocycles. The summed E-state index contributed by atoms with van der Waals surface area (Å²) in [5, 5.41) is 2.05. The summed E-state index contributed by atoms with van der Waals surface area (Å²) < 4.78 is 0. The van der Waals surface area contributed by atoms with Crippen LogP contribution in [0.5, 0.6) is 0 Å². The Labute approximate surface area is 83.1 Å². The third-order valence-electron chi connectivity index (χ3n) is 1.50. The summed E-state index contributed by atoms with van der Waals surface area (Å²) in [6.45, 7) is 4.00. The van der Waals surface area contributed by atoms with Crippen LogP contribution in [0.25, 0.3) is 11.3 Å². The van der Waals surface area contributed by atoms with Crippen molar-refractivity contribution in [1.29, 1.82) is 0 Å². The minimum Gasteiger partial charge on any atom is -0.245 e. The quantitative estimate of drug-likeness (QED) is 0.667. The predicted molar refractivity (Wildman–Crippen MR) is 58.9 cm³/mol. The van der Waals surface area contributed by atoms with Gasteiger partial charge in [-0.15, -0.1) is 11.3 Å². The van der Waals surface area contributed by atoms with Gasteiger partial charge in [0.1, 0.15) is 0 Å². The average Bonchev–Trinajstić information content (AvgIpc) is 2.75. The summed E-state index contributed by atoms with van der Waals surface area (Å²) in [4.78, 5) is 4.20. The molecule has 13 heavy (non-hydrogen) atoms. The highest BCUT2D eigenvalue weighted by Gasteiger charge is 1.95. The molecule has 0 aliphatic carbocycles. The molecule has 1 nitrogen and oxygen atoms in total. The van der Waals surface area contributed by atoms with Crippen molar-refractivity contribution >= 4 is 11.3 Å². The highest BCUT2D eigenvalue weighted by molar-refractivity contribution is 7.07. The van der Waals surface area contributed by atoms with Gasteiger partial charge in [-0.25, -0.2) is 4.98 Å². The minimum absolute atomic E-state index is 1.07. The molecule has 1 heterocycles. The lowest BCUT2D eigenvalue weighted by Gasteiger charge is -1.92. The van der Waals surface area contributed by atoms with Gasteiger partial charge in [-0.05, 0) is 0 Å². The maximum atomic E-state index is 4.20. The number of nitrogens with zero attached hydrogens (tertiary/aromatic N) is 1. The summed E-state index contributed by atoms with van der Waals surface area (Å²) in [7, 11) is 0. The molecule has 2 aromatic rings. The number of thiazole rings is 1. The maximum Gasteiger partial charge on any atom is 0.0811 e. The summed E-state index contributed by atoms with van der Waals surface area (Å²) in [6, 6.07) is 10.2. The molecule has 0 saturated carbocycles. The van der Waals surface area contributed by atoms with Crippen molar-refractivity contribution in [3.05, 3.63) is 41.2 Å². The number of hydrogen-bond donors (Lipinski definition) is 0. The minimum atomic E-state index is 1.07. The maximum absolute atomic E-state index is 4.20. The monoisotopic (exact) mass is 191 g/mol. The van der Waals surface area contributed by atoms with Gasteiger partial charge < -0.3 is 0 Å². The van der Waals surface area contributed by atoms with Crippen molar-refractivity contribution in [2.45, 2.75) is 13.8 Å². The molecule has 2 rings (SSSR count). The first-order valence-electron chi connectivity index (χ1n) is 4.40. The molecular formula is C11H13NS. The Morgan fingerprint density at radius 2 is 1.77 bits per heavy atom. The van der Waals surface area contributed by atoms with Crippen molar-refractivity contribution in [1.82, 2.24) is 4.98 Å². The Hall–Kier alpha value is -1.15. The fourth-order valence-electron chi connectivity index (χ4n) is 0.964. The molecule has 68 valence electrons. The lowest BCUT2D eigenvalue weighted by atomic mass is 10.2. The SMILES string of the molecule is CC.c1ccc(-c2cscn2)cc1. The van der Waals surface area contributed by atoms with Crippen LogP contribution in [-0.4, -0.2) is 4.98 Å². The van der Waals surface area contributed by atoms with Gasteiger partial charge in [0, 0.05) is 10.9 Å². The highest BCUT2D eigenvalue weighted by atomic mass is 32.1. The molecule has 0 amide bonds. The normalized spacial score (nSPS) is 8.77. The second-order valence-corrected chi connectivity index (χ2v) is 2.96. The van der Waals surface area contributed by atoms with E-state index in [2.05, 4.69) is 22.5 Å². The van der Waals surface area contributed by atoms with Gasteiger partial charge in [0.25, 0.3) is 0 Å².